The van der Waals surface area contributed by atoms with Crippen molar-refractivity contribution in [3.63, 3.8) is 0 Å². The van der Waals surface area contributed by atoms with Gasteiger partial charge in [-0.2, -0.15) is 0 Å². The Bertz CT molecular complexity index is 795. The molecule has 3 N–H and O–H groups in total. The van der Waals surface area contributed by atoms with E-state index < -0.39 is 23.2 Å². The molecule has 1 amide bonds. The number of hydrogen-bond acceptors (Lipinski definition) is 4. The van der Waals surface area contributed by atoms with Crippen LogP contribution in [0, 0.1) is 5.82 Å². The Hall–Kier alpha value is -2.61. The first-order valence-corrected chi connectivity index (χ1v) is 7.46. The first-order valence-electron chi connectivity index (χ1n) is 7.46. The van der Waals surface area contributed by atoms with E-state index in [4.69, 9.17) is 9.47 Å². The first kappa shape index (κ1) is 16.3. The lowest BCUT2D eigenvalue weighted by molar-refractivity contribution is -0.148. The Kier molecular flexibility index (Phi) is 4.15. The number of nitrogens with one attached hydrogen (secondary N) is 2. The van der Waals surface area contributed by atoms with E-state index in [0.717, 1.165) is 0 Å². The summed E-state index contributed by atoms with van der Waals surface area (Å²) in [6.45, 7) is 0.503. The lowest BCUT2D eigenvalue weighted by Crippen LogP contribution is -2.57. The highest BCUT2D eigenvalue weighted by Gasteiger charge is 2.42. The molecule has 0 aliphatic carbocycles. The number of carboxylic acid groups (broad SMARTS) is 1. The third-order valence-corrected chi connectivity index (χ3v) is 4.28. The molecule has 1 aliphatic heterocycles. The molecule has 1 aromatic heterocycles. The molecular weight excluding hydrogens is 319 g/mol. The number of aromatic nitrogens is 1. The summed E-state index contributed by atoms with van der Waals surface area (Å²) < 4.78 is 24.2. The third kappa shape index (κ3) is 2.69. The van der Waals surface area contributed by atoms with E-state index in [2.05, 4.69) is 10.3 Å². The van der Waals surface area contributed by atoms with Gasteiger partial charge in [0.15, 0.2) is 0 Å². The number of aromatic amines is 1. The van der Waals surface area contributed by atoms with Gasteiger partial charge < -0.3 is 24.9 Å². The molecule has 8 heteroatoms. The molecule has 1 saturated heterocycles. The maximum Gasteiger partial charge on any atom is 0.329 e. The average molecular weight is 336 g/mol. The molecule has 24 heavy (non-hydrogen) atoms. The SMILES string of the molecule is COc1ccc(F)c2[nH]c(C(=O)NC3(C(=O)O)CCOCC3)cc12. The fourth-order valence-corrected chi connectivity index (χ4v) is 2.86. The van der Waals surface area contributed by atoms with E-state index in [1.807, 2.05) is 0 Å². The van der Waals surface area contributed by atoms with Crippen molar-refractivity contribution in [3.05, 3.63) is 29.7 Å². The molecule has 0 saturated carbocycles. The lowest BCUT2D eigenvalue weighted by atomic mass is 9.90. The Labute approximate surface area is 136 Å². The van der Waals surface area contributed by atoms with E-state index >= 15 is 0 Å². The number of halogens is 1. The molecule has 2 aromatic rings. The van der Waals surface area contributed by atoms with E-state index in [9.17, 15) is 19.1 Å². The molecule has 0 unspecified atom stereocenters. The van der Waals surface area contributed by atoms with Gasteiger partial charge in [0.05, 0.1) is 12.6 Å². The van der Waals surface area contributed by atoms with Crippen LogP contribution in [0.25, 0.3) is 10.9 Å². The maximum absolute atomic E-state index is 13.9. The molecule has 1 aromatic carbocycles. The van der Waals surface area contributed by atoms with Crippen molar-refractivity contribution in [1.82, 2.24) is 10.3 Å². The number of fused-ring (bicyclic) bond motifs is 1. The second-order valence-electron chi connectivity index (χ2n) is 5.68. The summed E-state index contributed by atoms with van der Waals surface area (Å²) in [5.74, 6) is -1.83. The summed E-state index contributed by atoms with van der Waals surface area (Å²) in [6.07, 6.45) is 0.345. The maximum atomic E-state index is 13.9. The summed E-state index contributed by atoms with van der Waals surface area (Å²) in [4.78, 5) is 26.8. The van der Waals surface area contributed by atoms with Crippen molar-refractivity contribution in [3.8, 4) is 5.75 Å². The number of aliphatic carboxylic acids is 1. The molecule has 0 bridgehead atoms. The molecule has 0 atom stereocenters. The number of rotatable bonds is 4. The summed E-state index contributed by atoms with van der Waals surface area (Å²) in [7, 11) is 1.45. The third-order valence-electron chi connectivity index (χ3n) is 4.28. The van der Waals surface area contributed by atoms with Crippen LogP contribution in [0.15, 0.2) is 18.2 Å². The fraction of sp³-hybridized carbons (Fsp3) is 0.375. The van der Waals surface area contributed by atoms with E-state index in [0.29, 0.717) is 11.1 Å². The van der Waals surface area contributed by atoms with Gasteiger partial charge in [0.1, 0.15) is 22.8 Å². The number of methoxy groups -OCH3 is 1. The highest BCUT2D eigenvalue weighted by Crippen LogP contribution is 2.29. The van der Waals surface area contributed by atoms with Crippen LogP contribution < -0.4 is 10.1 Å². The van der Waals surface area contributed by atoms with E-state index in [-0.39, 0.29) is 37.3 Å². The average Bonchev–Trinajstić information content (AvgIpc) is 3.02. The number of carboxylic acids is 1. The number of hydrogen-bond donors (Lipinski definition) is 3. The standard InChI is InChI=1S/C16H17FN2O5/c1-23-12-3-2-10(17)13-9(12)8-11(18-13)14(20)19-16(15(21)22)4-6-24-7-5-16/h2-3,8,18H,4-7H2,1H3,(H,19,20)(H,21,22). The topological polar surface area (TPSA) is 101 Å². The van der Waals surface area contributed by atoms with Gasteiger partial charge in [0.2, 0.25) is 0 Å². The number of benzene rings is 1. The minimum Gasteiger partial charge on any atom is -0.496 e. The quantitative estimate of drug-likeness (QED) is 0.789. The summed E-state index contributed by atoms with van der Waals surface area (Å²) in [6, 6.07) is 4.14. The van der Waals surface area contributed by atoms with Crippen molar-refractivity contribution in [2.75, 3.05) is 20.3 Å². The molecule has 0 radical (unpaired) electrons. The fourth-order valence-electron chi connectivity index (χ4n) is 2.86. The van der Waals surface area contributed by atoms with Crippen LogP contribution >= 0.6 is 0 Å². The molecule has 7 nitrogen and oxygen atoms in total. The second kappa shape index (κ2) is 6.12. The predicted molar refractivity (Wildman–Crippen MR) is 82.7 cm³/mol. The lowest BCUT2D eigenvalue weighted by Gasteiger charge is -2.33. The minimum atomic E-state index is -1.38. The van der Waals surface area contributed by atoms with Crippen LogP contribution in [0.1, 0.15) is 23.3 Å². The largest absolute Gasteiger partial charge is 0.496 e. The number of H-pyrrole nitrogens is 1. The number of ether oxygens (including phenoxy) is 2. The molecule has 1 fully saturated rings. The van der Waals surface area contributed by atoms with Crippen LogP contribution in [-0.4, -0.2) is 47.8 Å². The van der Waals surface area contributed by atoms with Crippen molar-refractivity contribution < 1.29 is 28.6 Å². The first-order chi connectivity index (χ1) is 11.5. The highest BCUT2D eigenvalue weighted by atomic mass is 19.1. The summed E-state index contributed by atoms with van der Waals surface area (Å²) in [5.41, 5.74) is -1.17. The Balaban J connectivity index is 1.94. The number of carbonyl (C=O) groups excluding carboxylic acids is 1. The van der Waals surface area contributed by atoms with Crippen LogP contribution in [0.2, 0.25) is 0 Å². The zero-order chi connectivity index (χ0) is 17.3. The molecular formula is C16H17FN2O5. The van der Waals surface area contributed by atoms with E-state index in [1.54, 1.807) is 0 Å². The van der Waals surface area contributed by atoms with Crippen molar-refractivity contribution >= 4 is 22.8 Å². The van der Waals surface area contributed by atoms with Crippen LogP contribution in [0.3, 0.4) is 0 Å². The van der Waals surface area contributed by atoms with Crippen molar-refractivity contribution in [2.24, 2.45) is 0 Å². The zero-order valence-electron chi connectivity index (χ0n) is 13.0. The number of carbonyl (C=O) groups is 2. The second-order valence-corrected chi connectivity index (χ2v) is 5.68. The molecule has 3 rings (SSSR count). The van der Waals surface area contributed by atoms with Gasteiger partial charge in [-0.1, -0.05) is 0 Å². The van der Waals surface area contributed by atoms with Gasteiger partial charge in [-0.25, -0.2) is 9.18 Å². The molecule has 1 aliphatic rings. The van der Waals surface area contributed by atoms with Crippen LogP contribution in [0.4, 0.5) is 4.39 Å². The molecule has 128 valence electrons. The Morgan fingerprint density at radius 3 is 2.71 bits per heavy atom. The van der Waals surface area contributed by atoms with Gasteiger partial charge in [-0.15, -0.1) is 0 Å². The van der Waals surface area contributed by atoms with Gasteiger partial charge in [-0.3, -0.25) is 4.79 Å². The van der Waals surface area contributed by atoms with Crippen molar-refractivity contribution in [2.45, 2.75) is 18.4 Å². The zero-order valence-corrected chi connectivity index (χ0v) is 13.0. The summed E-state index contributed by atoms with van der Waals surface area (Å²) in [5, 5.41) is 12.5. The van der Waals surface area contributed by atoms with Crippen LogP contribution in [-0.2, 0) is 9.53 Å². The van der Waals surface area contributed by atoms with Gasteiger partial charge in [-0.05, 0) is 18.2 Å². The minimum absolute atomic E-state index is 0.0699. The predicted octanol–water partition coefficient (Wildman–Crippen LogP) is 1.68. The van der Waals surface area contributed by atoms with E-state index in [1.165, 1.54) is 25.3 Å². The van der Waals surface area contributed by atoms with Gasteiger partial charge in [0.25, 0.3) is 5.91 Å². The number of amides is 1. The normalized spacial score (nSPS) is 16.8. The van der Waals surface area contributed by atoms with Crippen molar-refractivity contribution in [1.29, 1.82) is 0 Å². The van der Waals surface area contributed by atoms with Gasteiger partial charge in [0, 0.05) is 31.4 Å². The smallest absolute Gasteiger partial charge is 0.329 e. The monoisotopic (exact) mass is 336 g/mol. The molecule has 2 heterocycles. The Morgan fingerprint density at radius 2 is 2.08 bits per heavy atom. The van der Waals surface area contributed by atoms with Gasteiger partial charge >= 0.3 is 5.97 Å². The Morgan fingerprint density at radius 1 is 1.38 bits per heavy atom. The molecule has 0 spiro atoms. The van der Waals surface area contributed by atoms with Crippen LogP contribution in [0.5, 0.6) is 5.75 Å². The highest BCUT2D eigenvalue weighted by molar-refractivity contribution is 6.01. The summed E-state index contributed by atoms with van der Waals surface area (Å²) >= 11 is 0.